The van der Waals surface area contributed by atoms with Crippen molar-refractivity contribution in [3.8, 4) is 5.75 Å². The predicted octanol–water partition coefficient (Wildman–Crippen LogP) is 7.04. The third-order valence-corrected chi connectivity index (χ3v) is 7.87. The first-order chi connectivity index (χ1) is 20.2. The van der Waals surface area contributed by atoms with Gasteiger partial charge in [0, 0.05) is 28.0 Å². The van der Waals surface area contributed by atoms with Crippen LogP contribution < -0.4 is 20.1 Å². The molecule has 0 bridgehead atoms. The van der Waals surface area contributed by atoms with Gasteiger partial charge in [-0.1, -0.05) is 49.2 Å². The quantitative estimate of drug-likeness (QED) is 0.157. The number of amides is 1. The lowest BCUT2D eigenvalue weighted by Crippen LogP contribution is -2.17. The van der Waals surface area contributed by atoms with Gasteiger partial charge in [0.1, 0.15) is 5.75 Å². The van der Waals surface area contributed by atoms with E-state index in [2.05, 4.69) is 32.2 Å². The number of carbonyl (C=O) groups is 1. The van der Waals surface area contributed by atoms with Gasteiger partial charge in [-0.15, -0.1) is 0 Å². The van der Waals surface area contributed by atoms with Gasteiger partial charge in [0.15, 0.2) is 11.6 Å². The summed E-state index contributed by atoms with van der Waals surface area (Å²) in [5, 5.41) is 6.35. The number of aromatic nitrogens is 2. The Morgan fingerprint density at radius 2 is 1.60 bits per heavy atom. The van der Waals surface area contributed by atoms with Crippen LogP contribution in [0.3, 0.4) is 0 Å². The van der Waals surface area contributed by atoms with Crippen LogP contribution in [0.1, 0.15) is 29.3 Å². The van der Waals surface area contributed by atoms with Crippen LogP contribution in [0.25, 0.3) is 11.0 Å². The average Bonchev–Trinajstić information content (AvgIpc) is 2.97. The summed E-state index contributed by atoms with van der Waals surface area (Å²) < 4.78 is 35.2. The minimum atomic E-state index is -4.15. The first-order valence-electron chi connectivity index (χ1n) is 13.2. The zero-order valence-corrected chi connectivity index (χ0v) is 24.5. The van der Waals surface area contributed by atoms with Gasteiger partial charge >= 0.3 is 0 Å². The minimum Gasteiger partial charge on any atom is -0.497 e. The highest BCUT2D eigenvalue weighted by Gasteiger charge is 2.20. The molecule has 0 aliphatic rings. The number of aryl methyl sites for hydroxylation is 1. The summed E-state index contributed by atoms with van der Waals surface area (Å²) in [7, 11) is -2.55. The molecule has 1 heterocycles. The predicted molar refractivity (Wildman–Crippen MR) is 166 cm³/mol. The Balaban J connectivity index is 1.47. The molecule has 11 heteroatoms. The van der Waals surface area contributed by atoms with Gasteiger partial charge in [-0.25, -0.2) is 18.4 Å². The summed E-state index contributed by atoms with van der Waals surface area (Å²) in [5.74, 6) is 0.476. The average molecular weight is 602 g/mol. The highest BCUT2D eigenvalue weighted by molar-refractivity contribution is 7.92. The number of nitrogens with one attached hydrogen (secondary N) is 3. The number of methoxy groups -OCH3 is 1. The molecule has 1 aromatic heterocycles. The number of sulfonamides is 1. The number of benzene rings is 4. The van der Waals surface area contributed by atoms with Crippen LogP contribution in [0, 0.1) is 0 Å². The summed E-state index contributed by atoms with van der Waals surface area (Å²) in [6.45, 7) is 2.09. The molecule has 0 fully saturated rings. The molecule has 5 rings (SSSR count). The summed E-state index contributed by atoms with van der Waals surface area (Å²) >= 11 is 6.00. The number of halogens is 1. The van der Waals surface area contributed by atoms with E-state index in [-0.39, 0.29) is 16.5 Å². The van der Waals surface area contributed by atoms with E-state index >= 15 is 0 Å². The maximum Gasteiger partial charge on any atom is 0.263 e. The number of nitrogens with zero attached hydrogens (tertiary/aromatic N) is 2. The number of hydrogen-bond donors (Lipinski definition) is 3. The van der Waals surface area contributed by atoms with Crippen LogP contribution >= 0.6 is 11.6 Å². The molecule has 214 valence electrons. The Morgan fingerprint density at radius 3 is 2.31 bits per heavy atom. The van der Waals surface area contributed by atoms with Gasteiger partial charge in [0.05, 0.1) is 23.0 Å². The molecule has 0 radical (unpaired) electrons. The SMILES string of the molecule is CCCc1cc(Nc2nc3ccccc3nc2NS(=O)(=O)c2cccc(NC(=O)c3cccc(Cl)c3)c2)cc(OC)c1. The van der Waals surface area contributed by atoms with Crippen LogP contribution in [0.4, 0.5) is 23.0 Å². The molecule has 42 heavy (non-hydrogen) atoms. The number of hydrogen-bond acceptors (Lipinski definition) is 7. The third kappa shape index (κ3) is 6.79. The number of rotatable bonds is 10. The molecule has 0 spiro atoms. The molecule has 3 N–H and O–H groups in total. The van der Waals surface area contributed by atoms with Crippen molar-refractivity contribution in [3.05, 3.63) is 107 Å². The van der Waals surface area contributed by atoms with E-state index in [0.29, 0.717) is 38.7 Å². The van der Waals surface area contributed by atoms with Gasteiger partial charge in [-0.2, -0.15) is 0 Å². The van der Waals surface area contributed by atoms with Crippen molar-refractivity contribution in [2.75, 3.05) is 22.5 Å². The van der Waals surface area contributed by atoms with Crippen molar-refractivity contribution in [3.63, 3.8) is 0 Å². The molecule has 4 aromatic carbocycles. The number of para-hydroxylation sites is 2. The van der Waals surface area contributed by atoms with Crippen LogP contribution in [0.5, 0.6) is 5.75 Å². The first kappa shape index (κ1) is 28.8. The summed E-state index contributed by atoms with van der Waals surface area (Å²) in [6, 6.07) is 25.3. The number of anilines is 4. The summed E-state index contributed by atoms with van der Waals surface area (Å²) in [4.78, 5) is 21.9. The van der Waals surface area contributed by atoms with E-state index in [1.807, 2.05) is 18.2 Å². The van der Waals surface area contributed by atoms with Crippen molar-refractivity contribution < 1.29 is 17.9 Å². The maximum absolute atomic E-state index is 13.6. The molecular formula is C31H28ClN5O4S. The fraction of sp³-hybridized carbons (Fsp3) is 0.129. The summed E-state index contributed by atoms with van der Waals surface area (Å²) in [5.41, 5.74) is 3.48. The van der Waals surface area contributed by atoms with Crippen molar-refractivity contribution in [2.24, 2.45) is 0 Å². The molecule has 5 aromatic rings. The highest BCUT2D eigenvalue weighted by atomic mass is 35.5. The third-order valence-electron chi connectivity index (χ3n) is 6.29. The van der Waals surface area contributed by atoms with Crippen molar-refractivity contribution in [2.45, 2.75) is 24.7 Å². The lowest BCUT2D eigenvalue weighted by Gasteiger charge is -2.15. The van der Waals surface area contributed by atoms with Gasteiger partial charge in [-0.05, 0) is 72.6 Å². The van der Waals surface area contributed by atoms with E-state index in [9.17, 15) is 13.2 Å². The second-order valence-corrected chi connectivity index (χ2v) is 11.6. The molecule has 0 aliphatic heterocycles. The van der Waals surface area contributed by atoms with Gasteiger partial charge < -0.3 is 15.4 Å². The Labute approximate surface area is 249 Å². The summed E-state index contributed by atoms with van der Waals surface area (Å²) in [6.07, 6.45) is 1.80. The zero-order chi connectivity index (χ0) is 29.7. The second kappa shape index (κ2) is 12.5. The number of fused-ring (bicyclic) bond motifs is 1. The fourth-order valence-electron chi connectivity index (χ4n) is 4.34. The Morgan fingerprint density at radius 1 is 0.857 bits per heavy atom. The van der Waals surface area contributed by atoms with Gasteiger partial charge in [0.25, 0.3) is 15.9 Å². The topological polar surface area (TPSA) is 122 Å². The van der Waals surface area contributed by atoms with Crippen LogP contribution in [-0.2, 0) is 16.4 Å². The standard InChI is InChI=1S/C31H28ClN5O4S/c1-3-8-20-15-24(18-25(16-20)41-2)33-29-30(36-28-14-5-4-13-27(28)35-29)37-42(39,40)26-12-7-11-23(19-26)34-31(38)21-9-6-10-22(32)17-21/h4-7,9-19H,3,8H2,1-2H3,(H,33,35)(H,34,38)(H,36,37). The highest BCUT2D eigenvalue weighted by Crippen LogP contribution is 2.30. The first-order valence-corrected chi connectivity index (χ1v) is 15.0. The number of ether oxygens (including phenoxy) is 1. The normalized spacial score (nSPS) is 11.2. The van der Waals surface area contributed by atoms with Crippen molar-refractivity contribution in [1.29, 1.82) is 0 Å². The van der Waals surface area contributed by atoms with Crippen LogP contribution in [0.15, 0.2) is 95.9 Å². The van der Waals surface area contributed by atoms with E-state index in [1.165, 1.54) is 18.2 Å². The maximum atomic E-state index is 13.6. The Kier molecular flexibility index (Phi) is 8.56. The van der Waals surface area contributed by atoms with Crippen molar-refractivity contribution >= 4 is 61.6 Å². The minimum absolute atomic E-state index is 0.0157. The van der Waals surface area contributed by atoms with E-state index in [1.54, 1.807) is 61.7 Å². The molecular weight excluding hydrogens is 574 g/mol. The Hall–Kier alpha value is -4.67. The number of carbonyl (C=O) groups excluding carboxylic acids is 1. The van der Waals surface area contributed by atoms with E-state index in [4.69, 9.17) is 16.3 Å². The smallest absolute Gasteiger partial charge is 0.263 e. The van der Waals surface area contributed by atoms with Crippen LogP contribution in [-0.4, -0.2) is 31.4 Å². The van der Waals surface area contributed by atoms with Crippen LogP contribution in [0.2, 0.25) is 5.02 Å². The molecule has 9 nitrogen and oxygen atoms in total. The van der Waals surface area contributed by atoms with E-state index in [0.717, 1.165) is 18.4 Å². The molecule has 0 saturated heterocycles. The molecule has 0 atom stereocenters. The molecule has 0 unspecified atom stereocenters. The largest absolute Gasteiger partial charge is 0.497 e. The van der Waals surface area contributed by atoms with E-state index < -0.39 is 15.9 Å². The molecule has 1 amide bonds. The molecule has 0 aliphatic carbocycles. The van der Waals surface area contributed by atoms with Gasteiger partial charge in [-0.3, -0.25) is 9.52 Å². The van der Waals surface area contributed by atoms with Gasteiger partial charge in [0.2, 0.25) is 0 Å². The Bertz CT molecular complexity index is 1880. The monoisotopic (exact) mass is 601 g/mol. The zero-order valence-electron chi connectivity index (χ0n) is 22.9. The lowest BCUT2D eigenvalue weighted by molar-refractivity contribution is 0.102. The van der Waals surface area contributed by atoms with Crippen molar-refractivity contribution in [1.82, 2.24) is 9.97 Å². The fourth-order valence-corrected chi connectivity index (χ4v) is 5.58. The second-order valence-electron chi connectivity index (χ2n) is 9.45. The molecule has 0 saturated carbocycles. The lowest BCUT2D eigenvalue weighted by atomic mass is 10.1.